The molecule has 1 fully saturated rings. The summed E-state index contributed by atoms with van der Waals surface area (Å²) in [4.78, 5) is 24.8. The molecule has 2 aromatic rings. The van der Waals surface area contributed by atoms with Gasteiger partial charge in [-0.05, 0) is 57.4 Å². The lowest BCUT2D eigenvalue weighted by Crippen LogP contribution is -2.40. The number of carbonyl (C=O) groups excluding carboxylic acids is 1. The number of aryl methyl sites for hydroxylation is 3. The van der Waals surface area contributed by atoms with Crippen LogP contribution in [0.4, 0.5) is 19.0 Å². The number of pyridine rings is 1. The van der Waals surface area contributed by atoms with Crippen molar-refractivity contribution in [2.75, 3.05) is 17.7 Å². The number of aliphatic imine (C=N–C) groups is 1. The molecule has 32 heavy (non-hydrogen) atoms. The number of rotatable bonds is 7. The van der Waals surface area contributed by atoms with E-state index in [4.69, 9.17) is 0 Å². The molecule has 1 N–H and O–H groups in total. The number of thiazole rings is 1. The van der Waals surface area contributed by atoms with Crippen molar-refractivity contribution in [2.24, 2.45) is 4.99 Å². The van der Waals surface area contributed by atoms with Crippen LogP contribution in [0.25, 0.3) is 5.70 Å². The third-order valence-electron chi connectivity index (χ3n) is 4.56. The zero-order chi connectivity index (χ0) is 23.7. The first kappa shape index (κ1) is 25.9. The van der Waals surface area contributed by atoms with Crippen LogP contribution in [0.15, 0.2) is 28.7 Å². The van der Waals surface area contributed by atoms with Gasteiger partial charge >= 0.3 is 6.18 Å². The average Bonchev–Trinajstić information content (AvgIpc) is 3.36. The van der Waals surface area contributed by atoms with Crippen LogP contribution >= 0.6 is 23.1 Å². The Labute approximate surface area is 194 Å². The Bertz CT molecular complexity index is 929. The zero-order valence-corrected chi connectivity index (χ0v) is 19.8. The van der Waals surface area contributed by atoms with Gasteiger partial charge in [0, 0.05) is 12.7 Å². The van der Waals surface area contributed by atoms with Crippen LogP contribution in [0.5, 0.6) is 0 Å². The van der Waals surface area contributed by atoms with Gasteiger partial charge in [-0.1, -0.05) is 6.07 Å². The van der Waals surface area contributed by atoms with Crippen LogP contribution < -0.4 is 5.32 Å². The van der Waals surface area contributed by atoms with Crippen LogP contribution in [0, 0.1) is 20.8 Å². The Kier molecular flexibility index (Phi) is 9.70. The monoisotopic (exact) mass is 485 g/mol. The van der Waals surface area contributed by atoms with Crippen molar-refractivity contribution in [3.8, 4) is 0 Å². The highest BCUT2D eigenvalue weighted by molar-refractivity contribution is 8.02. The fourth-order valence-corrected chi connectivity index (χ4v) is 4.65. The van der Waals surface area contributed by atoms with Gasteiger partial charge in [-0.25, -0.2) is 9.97 Å². The number of nitrogens with one attached hydrogen (secondary N) is 1. The standard InChI is InChI=1S/C15H18N4S2.C6H8F3NO/c1-10-5-6-14(17-7-10)18-9-20-8-13(16-4)15-11(2)19-12(3)21-15;7-6(8,9)5-2-1-3-10(5)4-11/h5-8H,4,9H2,1-3H3,(H,17,18);4-5H,1-3H2/b13-8-;/t;5-/m.0/s1. The smallest absolute Gasteiger partial charge is 0.361 e. The van der Waals surface area contributed by atoms with E-state index in [-0.39, 0.29) is 19.4 Å². The SMILES string of the molecule is C=N/C(=C\SCNc1ccc(C)cn1)c1sc(C)nc1C.O=CN1CCC[C@H]1C(F)(F)F. The maximum Gasteiger partial charge on any atom is 0.408 e. The Morgan fingerprint density at radius 1 is 1.41 bits per heavy atom. The van der Waals surface area contributed by atoms with Crippen LogP contribution in [0.1, 0.15) is 34.0 Å². The third kappa shape index (κ3) is 7.63. The normalized spacial score (nSPS) is 16.4. The highest BCUT2D eigenvalue weighted by Gasteiger charge is 2.45. The molecule has 0 bridgehead atoms. The summed E-state index contributed by atoms with van der Waals surface area (Å²) in [6.07, 6.45) is -1.64. The van der Waals surface area contributed by atoms with E-state index in [0.29, 0.717) is 6.42 Å². The van der Waals surface area contributed by atoms with Gasteiger partial charge in [0.2, 0.25) is 6.41 Å². The molecule has 1 atom stereocenters. The van der Waals surface area contributed by atoms with E-state index >= 15 is 0 Å². The van der Waals surface area contributed by atoms with E-state index in [0.717, 1.165) is 43.4 Å². The maximum absolute atomic E-state index is 12.0. The second-order valence-electron chi connectivity index (χ2n) is 7.06. The summed E-state index contributed by atoms with van der Waals surface area (Å²) in [5.41, 5.74) is 3.04. The molecule has 1 aliphatic rings. The highest BCUT2D eigenvalue weighted by Crippen LogP contribution is 2.31. The lowest BCUT2D eigenvalue weighted by atomic mass is 10.2. The fourth-order valence-electron chi connectivity index (χ4n) is 3.01. The van der Waals surface area contributed by atoms with Gasteiger partial charge in [0.1, 0.15) is 11.9 Å². The molecule has 0 aromatic carbocycles. The molecule has 6 nitrogen and oxygen atoms in total. The van der Waals surface area contributed by atoms with Gasteiger partial charge in [-0.2, -0.15) is 13.2 Å². The molecule has 0 spiro atoms. The number of amides is 1. The Balaban J connectivity index is 0.000000278. The Morgan fingerprint density at radius 3 is 2.66 bits per heavy atom. The quantitative estimate of drug-likeness (QED) is 0.245. The van der Waals surface area contributed by atoms with E-state index in [9.17, 15) is 18.0 Å². The number of halogens is 3. The van der Waals surface area contributed by atoms with Gasteiger partial charge in [-0.3, -0.25) is 9.79 Å². The molecular weight excluding hydrogens is 459 g/mol. The van der Waals surface area contributed by atoms with Gasteiger partial charge < -0.3 is 10.2 Å². The summed E-state index contributed by atoms with van der Waals surface area (Å²) in [5, 5.41) is 6.31. The lowest BCUT2D eigenvalue weighted by molar-refractivity contribution is -0.177. The number of aromatic nitrogens is 2. The van der Waals surface area contributed by atoms with Crippen molar-refractivity contribution in [3.63, 3.8) is 0 Å². The summed E-state index contributed by atoms with van der Waals surface area (Å²) in [6, 6.07) is 2.47. The van der Waals surface area contributed by atoms with Crippen molar-refractivity contribution in [3.05, 3.63) is 44.9 Å². The largest absolute Gasteiger partial charge is 0.408 e. The molecular formula is C21H26F3N5OS2. The van der Waals surface area contributed by atoms with Crippen molar-refractivity contribution < 1.29 is 18.0 Å². The lowest BCUT2D eigenvalue weighted by Gasteiger charge is -2.22. The molecule has 0 saturated carbocycles. The number of hydrogen-bond donors (Lipinski definition) is 1. The molecule has 174 valence electrons. The number of likely N-dealkylation sites (tertiary alicyclic amines) is 1. The number of hydrogen-bond acceptors (Lipinski definition) is 7. The second-order valence-corrected chi connectivity index (χ2v) is 9.12. The molecule has 0 aliphatic carbocycles. The van der Waals surface area contributed by atoms with Crippen molar-refractivity contribution in [1.29, 1.82) is 0 Å². The molecule has 2 aromatic heterocycles. The third-order valence-corrected chi connectivity index (χ3v) is 6.35. The first-order valence-electron chi connectivity index (χ1n) is 9.83. The molecule has 1 aliphatic heterocycles. The number of nitrogens with zero attached hydrogens (tertiary/aromatic N) is 4. The minimum absolute atomic E-state index is 0.0439. The van der Waals surface area contributed by atoms with Crippen LogP contribution in [-0.4, -0.2) is 52.6 Å². The van der Waals surface area contributed by atoms with Gasteiger partial charge in [0.25, 0.3) is 0 Å². The number of carbonyl (C=O) groups is 1. The fraction of sp³-hybridized carbons (Fsp3) is 0.429. The molecule has 11 heteroatoms. The molecule has 0 radical (unpaired) electrons. The first-order chi connectivity index (χ1) is 15.2. The minimum Gasteiger partial charge on any atom is -0.361 e. The zero-order valence-electron chi connectivity index (χ0n) is 18.1. The highest BCUT2D eigenvalue weighted by atomic mass is 32.2. The van der Waals surface area contributed by atoms with Gasteiger partial charge in [0.05, 0.1) is 27.2 Å². The first-order valence-corrected chi connectivity index (χ1v) is 11.7. The summed E-state index contributed by atoms with van der Waals surface area (Å²) in [7, 11) is 0. The molecule has 1 saturated heterocycles. The predicted octanol–water partition coefficient (Wildman–Crippen LogP) is 5.43. The van der Waals surface area contributed by atoms with Crippen molar-refractivity contribution in [1.82, 2.24) is 14.9 Å². The Morgan fingerprint density at radius 2 is 2.16 bits per heavy atom. The summed E-state index contributed by atoms with van der Waals surface area (Å²) < 4.78 is 36.0. The molecule has 3 rings (SSSR count). The Hall–Kier alpha value is -2.40. The minimum atomic E-state index is -4.25. The summed E-state index contributed by atoms with van der Waals surface area (Å²) in [6.45, 7) is 9.90. The van der Waals surface area contributed by atoms with Crippen LogP contribution in [-0.2, 0) is 4.79 Å². The summed E-state index contributed by atoms with van der Waals surface area (Å²) in [5.74, 6) is 1.60. The second kappa shape index (κ2) is 12.0. The van der Waals surface area contributed by atoms with E-state index in [1.54, 1.807) is 23.1 Å². The maximum atomic E-state index is 12.0. The topological polar surface area (TPSA) is 70.5 Å². The molecule has 0 unspecified atom stereocenters. The van der Waals surface area contributed by atoms with E-state index in [1.165, 1.54) is 0 Å². The molecule has 3 heterocycles. The van der Waals surface area contributed by atoms with Crippen molar-refractivity contribution >= 4 is 47.7 Å². The van der Waals surface area contributed by atoms with E-state index < -0.39 is 12.2 Å². The van der Waals surface area contributed by atoms with Crippen molar-refractivity contribution in [2.45, 2.75) is 45.8 Å². The number of alkyl halides is 3. The van der Waals surface area contributed by atoms with E-state index in [1.807, 2.05) is 44.5 Å². The van der Waals surface area contributed by atoms with Gasteiger partial charge in [-0.15, -0.1) is 23.1 Å². The van der Waals surface area contributed by atoms with Gasteiger partial charge in [0.15, 0.2) is 0 Å². The summed E-state index contributed by atoms with van der Waals surface area (Å²) >= 11 is 3.27. The number of anilines is 1. The average molecular weight is 486 g/mol. The number of thioether (sulfide) groups is 1. The van der Waals surface area contributed by atoms with Crippen LogP contribution in [0.3, 0.4) is 0 Å². The predicted molar refractivity (Wildman–Crippen MR) is 126 cm³/mol. The van der Waals surface area contributed by atoms with Crippen LogP contribution in [0.2, 0.25) is 0 Å². The van der Waals surface area contributed by atoms with E-state index in [2.05, 4.69) is 27.0 Å². The molecule has 1 amide bonds.